The van der Waals surface area contributed by atoms with Crippen LogP contribution in [0, 0.1) is 10.1 Å². The Balaban J connectivity index is 2.07. The summed E-state index contributed by atoms with van der Waals surface area (Å²) in [7, 11) is 0. The largest absolute Gasteiger partial charge is 0.269 e. The van der Waals surface area contributed by atoms with E-state index in [2.05, 4.69) is 4.98 Å². The van der Waals surface area contributed by atoms with Crippen LogP contribution in [0.15, 0.2) is 77.6 Å². The van der Waals surface area contributed by atoms with Gasteiger partial charge in [0.25, 0.3) is 11.2 Å². The van der Waals surface area contributed by atoms with Gasteiger partial charge in [-0.15, -0.1) is 0 Å². The topological polar surface area (TPSA) is 78.0 Å². The number of rotatable bonds is 3. The van der Waals surface area contributed by atoms with Crippen LogP contribution in [0.2, 0.25) is 5.02 Å². The molecule has 0 spiro atoms. The minimum Gasteiger partial charge on any atom is -0.268 e. The number of non-ortho nitro benzene ring substituents is 1. The van der Waals surface area contributed by atoms with Gasteiger partial charge in [0.1, 0.15) is 5.82 Å². The number of para-hydroxylation sites is 2. The van der Waals surface area contributed by atoms with Gasteiger partial charge in [0.2, 0.25) is 0 Å². The summed E-state index contributed by atoms with van der Waals surface area (Å²) in [6.45, 7) is 0. The zero-order chi connectivity index (χ0) is 19.0. The fourth-order valence-corrected chi connectivity index (χ4v) is 3.14. The fraction of sp³-hybridized carbons (Fsp3) is 0. The van der Waals surface area contributed by atoms with Gasteiger partial charge in [0.05, 0.1) is 26.5 Å². The summed E-state index contributed by atoms with van der Waals surface area (Å²) < 4.78 is 1.44. The minimum absolute atomic E-state index is 0.0359. The van der Waals surface area contributed by atoms with Crippen molar-refractivity contribution in [2.45, 2.75) is 0 Å². The van der Waals surface area contributed by atoms with Crippen LogP contribution in [-0.4, -0.2) is 14.5 Å². The lowest BCUT2D eigenvalue weighted by molar-refractivity contribution is -0.384. The molecule has 132 valence electrons. The number of benzene rings is 3. The summed E-state index contributed by atoms with van der Waals surface area (Å²) in [5.74, 6) is 0.363. The highest BCUT2D eigenvalue weighted by atomic mass is 35.5. The molecular weight excluding hydrogens is 366 g/mol. The van der Waals surface area contributed by atoms with Crippen LogP contribution in [0.25, 0.3) is 28.0 Å². The Labute approximate surface area is 158 Å². The van der Waals surface area contributed by atoms with Gasteiger partial charge in [-0.2, -0.15) is 0 Å². The van der Waals surface area contributed by atoms with E-state index in [-0.39, 0.29) is 11.2 Å². The number of hydrogen-bond acceptors (Lipinski definition) is 4. The second kappa shape index (κ2) is 6.66. The van der Waals surface area contributed by atoms with Gasteiger partial charge >= 0.3 is 0 Å². The molecule has 3 aromatic carbocycles. The van der Waals surface area contributed by atoms with Gasteiger partial charge in [-0.25, -0.2) is 4.98 Å². The molecule has 0 aliphatic carbocycles. The maximum Gasteiger partial charge on any atom is 0.269 e. The van der Waals surface area contributed by atoms with Crippen LogP contribution in [0.4, 0.5) is 5.69 Å². The van der Waals surface area contributed by atoms with Gasteiger partial charge in [-0.3, -0.25) is 19.5 Å². The molecule has 4 rings (SSSR count). The molecule has 0 aliphatic heterocycles. The van der Waals surface area contributed by atoms with E-state index in [0.717, 1.165) is 0 Å². The molecule has 0 unspecified atom stereocenters. The molecule has 0 atom stereocenters. The van der Waals surface area contributed by atoms with Crippen molar-refractivity contribution in [2.24, 2.45) is 0 Å². The second-order valence-electron chi connectivity index (χ2n) is 5.85. The molecule has 1 aromatic heterocycles. The van der Waals surface area contributed by atoms with E-state index in [1.54, 1.807) is 60.7 Å². The summed E-state index contributed by atoms with van der Waals surface area (Å²) in [4.78, 5) is 28.3. The summed E-state index contributed by atoms with van der Waals surface area (Å²) in [5, 5.41) is 11.8. The van der Waals surface area contributed by atoms with Gasteiger partial charge in [0.15, 0.2) is 0 Å². The molecule has 0 bridgehead atoms. The molecule has 27 heavy (non-hydrogen) atoms. The number of aromatic nitrogens is 2. The van der Waals surface area contributed by atoms with Crippen LogP contribution < -0.4 is 5.56 Å². The van der Waals surface area contributed by atoms with E-state index in [4.69, 9.17) is 11.6 Å². The number of nitrogens with zero attached hydrogens (tertiary/aromatic N) is 3. The van der Waals surface area contributed by atoms with E-state index < -0.39 is 4.92 Å². The molecule has 0 radical (unpaired) electrons. The molecule has 0 fully saturated rings. The Morgan fingerprint density at radius 3 is 2.30 bits per heavy atom. The van der Waals surface area contributed by atoms with Crippen LogP contribution in [-0.2, 0) is 0 Å². The van der Waals surface area contributed by atoms with E-state index in [9.17, 15) is 14.9 Å². The van der Waals surface area contributed by atoms with E-state index in [1.807, 2.05) is 0 Å². The van der Waals surface area contributed by atoms with Crippen molar-refractivity contribution < 1.29 is 4.92 Å². The van der Waals surface area contributed by atoms with Gasteiger partial charge in [-0.1, -0.05) is 35.9 Å². The maximum atomic E-state index is 13.2. The molecule has 7 heteroatoms. The number of nitro groups is 1. The normalized spacial score (nSPS) is 10.9. The molecule has 0 amide bonds. The van der Waals surface area contributed by atoms with E-state index in [0.29, 0.717) is 33.0 Å². The van der Waals surface area contributed by atoms with Crippen molar-refractivity contribution in [3.05, 3.63) is 98.3 Å². The summed E-state index contributed by atoms with van der Waals surface area (Å²) in [5.41, 5.74) is 1.31. The van der Waals surface area contributed by atoms with E-state index >= 15 is 0 Å². The van der Waals surface area contributed by atoms with Crippen molar-refractivity contribution in [2.75, 3.05) is 0 Å². The first-order valence-electron chi connectivity index (χ1n) is 8.08. The van der Waals surface area contributed by atoms with Crippen molar-refractivity contribution >= 4 is 28.2 Å². The lowest BCUT2D eigenvalue weighted by Crippen LogP contribution is -2.22. The molecule has 0 aliphatic rings. The third-order valence-corrected chi connectivity index (χ3v) is 4.52. The molecule has 4 aromatic rings. The standard InChI is InChI=1S/C20H12ClN3O3/c21-16-6-2-4-8-18(16)23-19(13-9-11-14(12-10-13)24(26)27)22-17-7-3-1-5-15(17)20(23)25/h1-12H. The maximum absolute atomic E-state index is 13.2. The molecule has 1 heterocycles. The molecular formula is C20H12ClN3O3. The third-order valence-electron chi connectivity index (χ3n) is 4.21. The molecule has 0 saturated heterocycles. The average molecular weight is 378 g/mol. The first-order chi connectivity index (χ1) is 13.1. The Kier molecular flexibility index (Phi) is 4.18. The summed E-state index contributed by atoms with van der Waals surface area (Å²) >= 11 is 6.33. The lowest BCUT2D eigenvalue weighted by Gasteiger charge is -2.15. The first kappa shape index (κ1) is 16.9. The molecule has 0 N–H and O–H groups in total. The zero-order valence-electron chi connectivity index (χ0n) is 13.9. The van der Waals surface area contributed by atoms with Crippen molar-refractivity contribution in [3.63, 3.8) is 0 Å². The predicted octanol–water partition coefficient (Wildman–Crippen LogP) is 4.61. The second-order valence-corrected chi connectivity index (χ2v) is 6.26. The van der Waals surface area contributed by atoms with Crippen molar-refractivity contribution in [3.8, 4) is 17.1 Å². The number of hydrogen-bond donors (Lipinski definition) is 0. The highest BCUT2D eigenvalue weighted by Gasteiger charge is 2.17. The average Bonchev–Trinajstić information content (AvgIpc) is 2.69. The lowest BCUT2D eigenvalue weighted by atomic mass is 10.1. The molecule has 0 saturated carbocycles. The quantitative estimate of drug-likeness (QED) is 0.385. The van der Waals surface area contributed by atoms with Crippen molar-refractivity contribution in [1.82, 2.24) is 9.55 Å². The van der Waals surface area contributed by atoms with Gasteiger partial charge in [-0.05, 0) is 36.4 Å². The van der Waals surface area contributed by atoms with E-state index in [1.165, 1.54) is 16.7 Å². The number of nitro benzene ring substituents is 1. The fourth-order valence-electron chi connectivity index (χ4n) is 2.92. The van der Waals surface area contributed by atoms with Gasteiger partial charge in [0, 0.05) is 17.7 Å². The minimum atomic E-state index is -0.473. The molecule has 6 nitrogen and oxygen atoms in total. The summed E-state index contributed by atoms with van der Waals surface area (Å²) in [6, 6.07) is 19.9. The number of fused-ring (bicyclic) bond motifs is 1. The number of halogens is 1. The SMILES string of the molecule is O=c1c2ccccc2nc(-c2ccc([N+](=O)[O-])cc2)n1-c1ccccc1Cl. The highest BCUT2D eigenvalue weighted by Crippen LogP contribution is 2.27. The smallest absolute Gasteiger partial charge is 0.268 e. The Bertz CT molecular complexity index is 1230. The van der Waals surface area contributed by atoms with Crippen LogP contribution in [0.1, 0.15) is 0 Å². The Morgan fingerprint density at radius 2 is 1.59 bits per heavy atom. The zero-order valence-corrected chi connectivity index (χ0v) is 14.6. The van der Waals surface area contributed by atoms with Crippen LogP contribution in [0.5, 0.6) is 0 Å². The Hall–Kier alpha value is -3.51. The Morgan fingerprint density at radius 1 is 0.926 bits per heavy atom. The first-order valence-corrected chi connectivity index (χ1v) is 8.45. The van der Waals surface area contributed by atoms with Crippen LogP contribution in [0.3, 0.4) is 0 Å². The monoisotopic (exact) mass is 377 g/mol. The van der Waals surface area contributed by atoms with Crippen molar-refractivity contribution in [1.29, 1.82) is 0 Å². The highest BCUT2D eigenvalue weighted by molar-refractivity contribution is 6.32. The predicted molar refractivity (Wildman–Crippen MR) is 104 cm³/mol. The van der Waals surface area contributed by atoms with Gasteiger partial charge < -0.3 is 0 Å². The summed E-state index contributed by atoms with van der Waals surface area (Å²) in [6.07, 6.45) is 0. The van der Waals surface area contributed by atoms with Crippen LogP contribution >= 0.6 is 11.6 Å². The third kappa shape index (κ3) is 2.96.